The van der Waals surface area contributed by atoms with E-state index in [0.717, 1.165) is 16.7 Å². The molecule has 6 heteroatoms. The molecule has 0 spiro atoms. The number of aryl methyl sites for hydroxylation is 1. The van der Waals surface area contributed by atoms with Crippen molar-refractivity contribution in [2.75, 3.05) is 11.9 Å². The Balaban J connectivity index is 2.05. The van der Waals surface area contributed by atoms with Gasteiger partial charge in [0.1, 0.15) is 10.8 Å². The maximum Gasteiger partial charge on any atom is 0.276 e. The van der Waals surface area contributed by atoms with E-state index >= 15 is 0 Å². The highest BCUT2D eigenvalue weighted by Gasteiger charge is 2.20. The summed E-state index contributed by atoms with van der Waals surface area (Å²) in [4.78, 5) is 22.6. The molecule has 1 aromatic carbocycles. The number of nitrogens with zero attached hydrogens (tertiary/aromatic N) is 3. The van der Waals surface area contributed by atoms with E-state index in [1.807, 2.05) is 37.3 Å². The zero-order chi connectivity index (χ0) is 18.0. The fourth-order valence-corrected chi connectivity index (χ4v) is 3.08. The lowest BCUT2D eigenvalue weighted by Crippen LogP contribution is -2.27. The normalized spacial score (nSPS) is 10.6. The zero-order valence-corrected chi connectivity index (χ0v) is 15.2. The van der Waals surface area contributed by atoms with Gasteiger partial charge < -0.3 is 4.90 Å². The van der Waals surface area contributed by atoms with E-state index in [-0.39, 0.29) is 16.8 Å². The number of pyridine rings is 2. The van der Waals surface area contributed by atoms with Crippen LogP contribution in [0.15, 0.2) is 54.9 Å². The Bertz CT molecular complexity index is 923. The van der Waals surface area contributed by atoms with Crippen LogP contribution in [0, 0.1) is 6.92 Å². The van der Waals surface area contributed by atoms with Crippen LogP contribution >= 0.6 is 23.2 Å². The molecule has 0 bridgehead atoms. The predicted octanol–water partition coefficient (Wildman–Crippen LogP) is 5.04. The van der Waals surface area contributed by atoms with E-state index < -0.39 is 0 Å². The summed E-state index contributed by atoms with van der Waals surface area (Å²) in [6.45, 7) is 2.03. The topological polar surface area (TPSA) is 46.1 Å². The van der Waals surface area contributed by atoms with Crippen molar-refractivity contribution in [3.8, 4) is 11.1 Å². The molecule has 3 aromatic rings. The van der Waals surface area contributed by atoms with Gasteiger partial charge in [-0.2, -0.15) is 0 Å². The van der Waals surface area contributed by atoms with Gasteiger partial charge in [-0.1, -0.05) is 47.5 Å². The van der Waals surface area contributed by atoms with Gasteiger partial charge in [0, 0.05) is 23.8 Å². The van der Waals surface area contributed by atoms with Gasteiger partial charge >= 0.3 is 0 Å². The molecule has 0 saturated carbocycles. The summed E-state index contributed by atoms with van der Waals surface area (Å²) in [5.74, 6) is -0.313. The largest absolute Gasteiger partial charge is 0.308 e. The first-order valence-electron chi connectivity index (χ1n) is 7.58. The zero-order valence-electron chi connectivity index (χ0n) is 13.7. The lowest BCUT2D eigenvalue weighted by Gasteiger charge is -2.21. The third-order valence-corrected chi connectivity index (χ3v) is 4.29. The van der Waals surface area contributed by atoms with Crippen LogP contribution < -0.4 is 4.90 Å². The molecule has 2 aromatic heterocycles. The molecule has 0 aliphatic heterocycles. The highest BCUT2D eigenvalue weighted by Crippen LogP contribution is 2.32. The van der Waals surface area contributed by atoms with Gasteiger partial charge in [-0.3, -0.25) is 9.78 Å². The molecule has 0 aliphatic carbocycles. The number of aromatic nitrogens is 2. The molecule has 25 heavy (non-hydrogen) atoms. The SMILES string of the molecule is Cc1ccccc1-c1ccncc1N(C)C(=O)c1cc(Cl)cc(Cl)n1. The van der Waals surface area contributed by atoms with Crippen LogP contribution in [0.2, 0.25) is 10.2 Å². The molecular weight excluding hydrogens is 357 g/mol. The second-order valence-corrected chi connectivity index (χ2v) is 6.39. The van der Waals surface area contributed by atoms with Gasteiger partial charge in [0.15, 0.2) is 0 Å². The average molecular weight is 372 g/mol. The summed E-state index contributed by atoms with van der Waals surface area (Å²) in [5.41, 5.74) is 3.92. The quantitative estimate of drug-likeness (QED) is 0.606. The molecular formula is C19H15Cl2N3O. The number of amides is 1. The van der Waals surface area contributed by atoms with Crippen molar-refractivity contribution in [3.63, 3.8) is 0 Å². The number of anilines is 1. The van der Waals surface area contributed by atoms with Crippen LogP contribution in [-0.2, 0) is 0 Å². The number of hydrogen-bond donors (Lipinski definition) is 0. The van der Waals surface area contributed by atoms with Crippen LogP contribution in [0.1, 0.15) is 16.1 Å². The molecule has 1 amide bonds. The minimum Gasteiger partial charge on any atom is -0.308 e. The maximum absolute atomic E-state index is 12.8. The molecule has 4 nitrogen and oxygen atoms in total. The number of hydrogen-bond acceptors (Lipinski definition) is 3. The number of carbonyl (C=O) groups is 1. The minimum atomic E-state index is -0.313. The third-order valence-electron chi connectivity index (χ3n) is 3.88. The highest BCUT2D eigenvalue weighted by atomic mass is 35.5. The van der Waals surface area contributed by atoms with Crippen molar-refractivity contribution in [2.24, 2.45) is 0 Å². The summed E-state index contributed by atoms with van der Waals surface area (Å²) in [7, 11) is 1.68. The Hall–Kier alpha value is -2.43. The highest BCUT2D eigenvalue weighted by molar-refractivity contribution is 6.34. The van der Waals surface area contributed by atoms with Crippen LogP contribution in [0.5, 0.6) is 0 Å². The summed E-state index contributed by atoms with van der Waals surface area (Å²) in [6, 6.07) is 12.9. The van der Waals surface area contributed by atoms with Crippen molar-refractivity contribution in [1.82, 2.24) is 9.97 Å². The first-order valence-corrected chi connectivity index (χ1v) is 8.34. The van der Waals surface area contributed by atoms with Gasteiger partial charge in [-0.05, 0) is 36.2 Å². The monoisotopic (exact) mass is 371 g/mol. The van der Waals surface area contributed by atoms with Gasteiger partial charge in [0.2, 0.25) is 0 Å². The fourth-order valence-electron chi connectivity index (χ4n) is 2.61. The van der Waals surface area contributed by atoms with E-state index in [1.165, 1.54) is 17.0 Å². The van der Waals surface area contributed by atoms with Crippen LogP contribution in [0.4, 0.5) is 5.69 Å². The molecule has 0 radical (unpaired) electrons. The lowest BCUT2D eigenvalue weighted by molar-refractivity contribution is 0.0988. The Morgan fingerprint density at radius 3 is 2.56 bits per heavy atom. The molecule has 0 unspecified atom stereocenters. The van der Waals surface area contributed by atoms with Crippen molar-refractivity contribution < 1.29 is 4.79 Å². The van der Waals surface area contributed by atoms with E-state index in [1.54, 1.807) is 19.4 Å². The number of benzene rings is 1. The molecule has 0 fully saturated rings. The molecule has 0 aliphatic rings. The van der Waals surface area contributed by atoms with Crippen molar-refractivity contribution in [3.05, 3.63) is 76.3 Å². The van der Waals surface area contributed by atoms with Crippen molar-refractivity contribution in [2.45, 2.75) is 6.92 Å². The van der Waals surface area contributed by atoms with E-state index in [2.05, 4.69) is 9.97 Å². The maximum atomic E-state index is 12.8. The smallest absolute Gasteiger partial charge is 0.276 e. The van der Waals surface area contributed by atoms with Gasteiger partial charge in [-0.25, -0.2) is 4.98 Å². The molecule has 0 N–H and O–H groups in total. The summed E-state index contributed by atoms with van der Waals surface area (Å²) in [5, 5.41) is 0.539. The van der Waals surface area contributed by atoms with E-state index in [4.69, 9.17) is 23.2 Å². The Labute approximate surface area is 156 Å². The van der Waals surface area contributed by atoms with Gasteiger partial charge in [0.25, 0.3) is 5.91 Å². The van der Waals surface area contributed by atoms with Crippen molar-refractivity contribution in [1.29, 1.82) is 0 Å². The standard InChI is InChI=1S/C19H15Cl2N3O/c1-12-5-3-4-6-14(12)15-7-8-22-11-17(15)24(2)19(25)16-9-13(20)10-18(21)23-16/h3-11H,1-2H3. The average Bonchev–Trinajstić information content (AvgIpc) is 2.60. The Kier molecular flexibility index (Phi) is 5.02. The number of carbonyl (C=O) groups excluding carboxylic acids is 1. The molecule has 0 atom stereocenters. The number of halogens is 2. The lowest BCUT2D eigenvalue weighted by atomic mass is 10.00. The van der Waals surface area contributed by atoms with Crippen LogP contribution in [0.3, 0.4) is 0 Å². The first-order chi connectivity index (χ1) is 12.0. The second-order valence-electron chi connectivity index (χ2n) is 5.57. The van der Waals surface area contributed by atoms with Crippen LogP contribution in [-0.4, -0.2) is 22.9 Å². The summed E-state index contributed by atoms with van der Waals surface area (Å²) in [6.07, 6.45) is 3.37. The number of rotatable bonds is 3. The Morgan fingerprint density at radius 1 is 1.08 bits per heavy atom. The van der Waals surface area contributed by atoms with Gasteiger partial charge in [0.05, 0.1) is 11.9 Å². The first kappa shape index (κ1) is 17.4. The minimum absolute atomic E-state index is 0.176. The molecule has 3 rings (SSSR count). The second kappa shape index (κ2) is 7.21. The molecule has 2 heterocycles. The Morgan fingerprint density at radius 2 is 1.84 bits per heavy atom. The third kappa shape index (κ3) is 3.65. The van der Waals surface area contributed by atoms with Gasteiger partial charge in [-0.15, -0.1) is 0 Å². The molecule has 126 valence electrons. The fraction of sp³-hybridized carbons (Fsp3) is 0.105. The summed E-state index contributed by atoms with van der Waals surface area (Å²) >= 11 is 11.9. The molecule has 0 saturated heterocycles. The predicted molar refractivity (Wildman–Crippen MR) is 101 cm³/mol. The van der Waals surface area contributed by atoms with Crippen molar-refractivity contribution >= 4 is 34.8 Å². The van der Waals surface area contributed by atoms with E-state index in [0.29, 0.717) is 10.7 Å². The summed E-state index contributed by atoms with van der Waals surface area (Å²) < 4.78 is 0. The van der Waals surface area contributed by atoms with E-state index in [9.17, 15) is 4.79 Å². The van der Waals surface area contributed by atoms with Crippen LogP contribution in [0.25, 0.3) is 11.1 Å².